The SMILES string of the molecule is CCOC1CC(NC(=O)N2CCCCC2CC(=O)O)C1. The van der Waals surface area contributed by atoms with Crippen molar-refractivity contribution < 1.29 is 19.4 Å². The van der Waals surface area contributed by atoms with Gasteiger partial charge in [0.15, 0.2) is 0 Å². The molecule has 1 saturated carbocycles. The predicted octanol–water partition coefficient (Wildman–Crippen LogP) is 1.59. The summed E-state index contributed by atoms with van der Waals surface area (Å²) >= 11 is 0. The largest absolute Gasteiger partial charge is 0.481 e. The summed E-state index contributed by atoms with van der Waals surface area (Å²) in [5.74, 6) is -0.838. The molecule has 1 aliphatic heterocycles. The van der Waals surface area contributed by atoms with E-state index in [-0.39, 0.29) is 30.6 Å². The standard InChI is InChI=1S/C14H24N2O4/c1-2-20-12-7-10(8-12)15-14(19)16-6-4-3-5-11(16)9-13(17)18/h10-12H,2-9H2,1H3,(H,15,19)(H,17,18). The van der Waals surface area contributed by atoms with Gasteiger partial charge in [-0.05, 0) is 39.0 Å². The van der Waals surface area contributed by atoms with Crippen LogP contribution in [0.2, 0.25) is 0 Å². The molecule has 0 bridgehead atoms. The lowest BCUT2D eigenvalue weighted by atomic mass is 9.89. The highest BCUT2D eigenvalue weighted by molar-refractivity contribution is 5.76. The van der Waals surface area contributed by atoms with Crippen molar-refractivity contribution in [2.75, 3.05) is 13.2 Å². The van der Waals surface area contributed by atoms with Crippen LogP contribution in [0.15, 0.2) is 0 Å². The minimum atomic E-state index is -0.838. The highest BCUT2D eigenvalue weighted by atomic mass is 16.5. The Kier molecular flexibility index (Phi) is 5.23. The van der Waals surface area contributed by atoms with E-state index in [0.29, 0.717) is 13.2 Å². The van der Waals surface area contributed by atoms with Crippen LogP contribution in [0.5, 0.6) is 0 Å². The quantitative estimate of drug-likeness (QED) is 0.803. The topological polar surface area (TPSA) is 78.9 Å². The summed E-state index contributed by atoms with van der Waals surface area (Å²) in [6.07, 6.45) is 4.76. The number of amides is 2. The Morgan fingerprint density at radius 1 is 1.35 bits per heavy atom. The van der Waals surface area contributed by atoms with Crippen molar-refractivity contribution in [1.29, 1.82) is 0 Å². The van der Waals surface area contributed by atoms with E-state index < -0.39 is 5.97 Å². The summed E-state index contributed by atoms with van der Waals surface area (Å²) in [6.45, 7) is 3.33. The Labute approximate surface area is 119 Å². The lowest BCUT2D eigenvalue weighted by molar-refractivity contribution is -0.138. The summed E-state index contributed by atoms with van der Waals surface area (Å²) < 4.78 is 5.47. The van der Waals surface area contributed by atoms with Gasteiger partial charge in [-0.25, -0.2) is 4.79 Å². The van der Waals surface area contributed by atoms with E-state index >= 15 is 0 Å². The summed E-state index contributed by atoms with van der Waals surface area (Å²) in [5, 5.41) is 11.9. The minimum absolute atomic E-state index is 0.0413. The molecule has 0 aromatic rings. The number of aliphatic carboxylic acids is 1. The number of carbonyl (C=O) groups excluding carboxylic acids is 1. The number of nitrogens with zero attached hydrogens (tertiary/aromatic N) is 1. The fourth-order valence-corrected chi connectivity index (χ4v) is 2.99. The molecule has 0 aromatic heterocycles. The monoisotopic (exact) mass is 284 g/mol. The number of likely N-dealkylation sites (tertiary alicyclic amines) is 1. The summed E-state index contributed by atoms with van der Waals surface area (Å²) in [5.41, 5.74) is 0. The molecule has 0 aromatic carbocycles. The second-order valence-electron chi connectivity index (χ2n) is 5.64. The van der Waals surface area contributed by atoms with Crippen LogP contribution < -0.4 is 5.32 Å². The molecule has 2 rings (SSSR count). The van der Waals surface area contributed by atoms with Crippen LogP contribution in [0, 0.1) is 0 Å². The fraction of sp³-hybridized carbons (Fsp3) is 0.857. The number of nitrogens with one attached hydrogen (secondary N) is 1. The second-order valence-corrected chi connectivity index (χ2v) is 5.64. The fourth-order valence-electron chi connectivity index (χ4n) is 2.99. The number of rotatable bonds is 5. The third-order valence-electron chi connectivity index (χ3n) is 4.12. The van der Waals surface area contributed by atoms with Gasteiger partial charge in [0.1, 0.15) is 0 Å². The highest BCUT2D eigenvalue weighted by Gasteiger charge is 2.34. The third-order valence-corrected chi connectivity index (χ3v) is 4.12. The van der Waals surface area contributed by atoms with Gasteiger partial charge in [-0.15, -0.1) is 0 Å². The maximum atomic E-state index is 12.2. The van der Waals surface area contributed by atoms with E-state index in [0.717, 1.165) is 32.1 Å². The van der Waals surface area contributed by atoms with E-state index in [1.54, 1.807) is 4.90 Å². The Balaban J connectivity index is 1.79. The summed E-state index contributed by atoms with van der Waals surface area (Å²) in [4.78, 5) is 24.8. The van der Waals surface area contributed by atoms with Crippen LogP contribution in [0.3, 0.4) is 0 Å². The average molecular weight is 284 g/mol. The molecule has 114 valence electrons. The smallest absolute Gasteiger partial charge is 0.317 e. The molecule has 1 heterocycles. The molecule has 2 N–H and O–H groups in total. The normalized spacial score (nSPS) is 29.6. The molecule has 2 fully saturated rings. The van der Waals surface area contributed by atoms with Gasteiger partial charge < -0.3 is 20.1 Å². The first-order valence-corrected chi connectivity index (χ1v) is 7.50. The van der Waals surface area contributed by atoms with Crippen LogP contribution in [0.1, 0.15) is 45.4 Å². The van der Waals surface area contributed by atoms with Gasteiger partial charge in [-0.3, -0.25) is 4.79 Å². The van der Waals surface area contributed by atoms with E-state index in [1.165, 1.54) is 0 Å². The molecular formula is C14H24N2O4. The van der Waals surface area contributed by atoms with Crippen LogP contribution >= 0.6 is 0 Å². The molecule has 20 heavy (non-hydrogen) atoms. The molecule has 1 atom stereocenters. The van der Waals surface area contributed by atoms with Crippen molar-refractivity contribution in [2.24, 2.45) is 0 Å². The maximum absolute atomic E-state index is 12.2. The highest BCUT2D eigenvalue weighted by Crippen LogP contribution is 2.25. The van der Waals surface area contributed by atoms with Gasteiger partial charge >= 0.3 is 12.0 Å². The number of carboxylic acid groups (broad SMARTS) is 1. The van der Waals surface area contributed by atoms with Crippen LogP contribution in [0.4, 0.5) is 4.79 Å². The number of carbonyl (C=O) groups is 2. The lowest BCUT2D eigenvalue weighted by Gasteiger charge is -2.40. The van der Waals surface area contributed by atoms with Crippen molar-refractivity contribution in [2.45, 2.75) is 63.6 Å². The van der Waals surface area contributed by atoms with Crippen molar-refractivity contribution in [3.63, 3.8) is 0 Å². The first-order valence-electron chi connectivity index (χ1n) is 7.50. The molecule has 1 unspecified atom stereocenters. The summed E-state index contributed by atoms with van der Waals surface area (Å²) in [6, 6.07) is -0.105. The van der Waals surface area contributed by atoms with E-state index in [9.17, 15) is 9.59 Å². The van der Waals surface area contributed by atoms with Crippen LogP contribution in [-0.2, 0) is 9.53 Å². The van der Waals surface area contributed by atoms with Crippen LogP contribution in [-0.4, -0.2) is 53.3 Å². The first-order chi connectivity index (χ1) is 9.60. The van der Waals surface area contributed by atoms with E-state index in [4.69, 9.17) is 9.84 Å². The molecule has 1 aliphatic carbocycles. The molecule has 2 amide bonds. The lowest BCUT2D eigenvalue weighted by Crippen LogP contribution is -2.55. The Morgan fingerprint density at radius 3 is 2.75 bits per heavy atom. The van der Waals surface area contributed by atoms with Crippen LogP contribution in [0.25, 0.3) is 0 Å². The van der Waals surface area contributed by atoms with Gasteiger partial charge in [0.25, 0.3) is 0 Å². The first kappa shape index (κ1) is 15.1. The van der Waals surface area contributed by atoms with Crippen molar-refractivity contribution in [3.05, 3.63) is 0 Å². The van der Waals surface area contributed by atoms with Gasteiger partial charge in [0.05, 0.1) is 12.5 Å². The molecule has 1 saturated heterocycles. The van der Waals surface area contributed by atoms with Crippen molar-refractivity contribution in [3.8, 4) is 0 Å². The van der Waals surface area contributed by atoms with Gasteiger partial charge in [-0.1, -0.05) is 0 Å². The Bertz CT molecular complexity index is 355. The summed E-state index contributed by atoms with van der Waals surface area (Å²) in [7, 11) is 0. The molecule has 2 aliphatic rings. The molecule has 6 heteroatoms. The third kappa shape index (κ3) is 3.85. The van der Waals surface area contributed by atoms with Gasteiger partial charge in [0, 0.05) is 25.2 Å². The number of carboxylic acids is 1. The molecule has 6 nitrogen and oxygen atoms in total. The van der Waals surface area contributed by atoms with Gasteiger partial charge in [-0.2, -0.15) is 0 Å². The number of ether oxygens (including phenoxy) is 1. The zero-order valence-electron chi connectivity index (χ0n) is 12.0. The number of hydrogen-bond acceptors (Lipinski definition) is 3. The average Bonchev–Trinajstić information content (AvgIpc) is 2.36. The van der Waals surface area contributed by atoms with Crippen molar-refractivity contribution in [1.82, 2.24) is 10.2 Å². The number of urea groups is 1. The Morgan fingerprint density at radius 2 is 2.10 bits per heavy atom. The Hall–Kier alpha value is -1.30. The predicted molar refractivity (Wildman–Crippen MR) is 73.6 cm³/mol. The number of hydrogen-bond donors (Lipinski definition) is 2. The van der Waals surface area contributed by atoms with Crippen molar-refractivity contribution >= 4 is 12.0 Å². The molecule has 0 radical (unpaired) electrons. The second kappa shape index (κ2) is 6.92. The zero-order chi connectivity index (χ0) is 14.5. The molecular weight excluding hydrogens is 260 g/mol. The van der Waals surface area contributed by atoms with E-state index in [2.05, 4.69) is 5.32 Å². The maximum Gasteiger partial charge on any atom is 0.317 e. The minimum Gasteiger partial charge on any atom is -0.481 e. The number of piperidine rings is 1. The zero-order valence-corrected chi connectivity index (χ0v) is 12.0. The molecule has 0 spiro atoms. The van der Waals surface area contributed by atoms with Gasteiger partial charge in [0.2, 0.25) is 0 Å². The van der Waals surface area contributed by atoms with E-state index in [1.807, 2.05) is 6.92 Å².